The van der Waals surface area contributed by atoms with Gasteiger partial charge in [-0.2, -0.15) is 0 Å². The van der Waals surface area contributed by atoms with Crippen LogP contribution in [0.15, 0.2) is 0 Å². The summed E-state index contributed by atoms with van der Waals surface area (Å²) in [5.74, 6) is -6.72. The monoisotopic (exact) mass is 417 g/mol. The van der Waals surface area contributed by atoms with Gasteiger partial charge in [-0.15, -0.1) is 0 Å². The van der Waals surface area contributed by atoms with Gasteiger partial charge < -0.3 is 37.6 Å². The third-order valence-electron chi connectivity index (χ3n) is 3.75. The van der Waals surface area contributed by atoms with Gasteiger partial charge in [0.1, 0.15) is 18.1 Å². The van der Waals surface area contributed by atoms with Crippen LogP contribution in [0.25, 0.3) is 0 Å². The van der Waals surface area contributed by atoms with Crippen molar-refractivity contribution in [3.63, 3.8) is 0 Å². The lowest BCUT2D eigenvalue weighted by atomic mass is 10.0. The lowest BCUT2D eigenvalue weighted by Crippen LogP contribution is -2.57. The van der Waals surface area contributed by atoms with Gasteiger partial charge in [-0.25, -0.2) is 4.79 Å². The van der Waals surface area contributed by atoms with Crippen LogP contribution in [0, 0.1) is 5.92 Å². The summed E-state index contributed by atoms with van der Waals surface area (Å²) >= 11 is 0. The summed E-state index contributed by atoms with van der Waals surface area (Å²) < 4.78 is 0. The Labute approximate surface area is 166 Å². The largest absolute Gasteiger partial charge is 0.481 e. The van der Waals surface area contributed by atoms with Gasteiger partial charge in [0.05, 0.1) is 18.9 Å². The summed E-state index contributed by atoms with van der Waals surface area (Å²) in [5, 5.41) is 24.4. The molecular weight excluding hydrogens is 390 g/mol. The molecule has 0 aromatic heterocycles. The van der Waals surface area contributed by atoms with Gasteiger partial charge in [-0.05, 0) is 12.8 Å². The minimum Gasteiger partial charge on any atom is -0.481 e. The molecule has 9 N–H and O–H groups in total. The molecule has 0 aromatic rings. The molecule has 0 fully saturated rings. The number of carboxylic acid groups (broad SMARTS) is 2. The van der Waals surface area contributed by atoms with E-state index in [1.165, 1.54) is 6.92 Å². The number of hydrogen-bond donors (Lipinski definition) is 7. The summed E-state index contributed by atoms with van der Waals surface area (Å²) in [6.45, 7) is 4.44. The molecule has 13 nitrogen and oxygen atoms in total. The number of carboxylic acids is 2. The maximum atomic E-state index is 12.3. The Morgan fingerprint density at radius 1 is 0.828 bits per heavy atom. The predicted molar refractivity (Wildman–Crippen MR) is 98.0 cm³/mol. The normalized spacial score (nSPS) is 14.8. The minimum absolute atomic E-state index is 0.419. The quantitative estimate of drug-likeness (QED) is 0.170. The van der Waals surface area contributed by atoms with Gasteiger partial charge in [-0.1, -0.05) is 13.8 Å². The van der Waals surface area contributed by atoms with Crippen LogP contribution >= 0.6 is 0 Å². The summed E-state index contributed by atoms with van der Waals surface area (Å²) in [7, 11) is 0. The molecule has 4 atom stereocenters. The molecule has 0 saturated heterocycles. The fourth-order valence-electron chi connectivity index (χ4n) is 2.14. The van der Waals surface area contributed by atoms with E-state index in [4.69, 9.17) is 21.7 Å². The highest BCUT2D eigenvalue weighted by atomic mass is 16.4. The number of nitrogens with two attached hydrogens (primary N) is 2. The van der Waals surface area contributed by atoms with Crippen LogP contribution in [0.5, 0.6) is 0 Å². The molecule has 0 spiro atoms. The molecule has 4 amide bonds. The van der Waals surface area contributed by atoms with E-state index in [1.807, 2.05) is 0 Å². The van der Waals surface area contributed by atoms with Crippen LogP contribution in [-0.2, 0) is 28.8 Å². The molecule has 0 aromatic carbocycles. The van der Waals surface area contributed by atoms with Crippen molar-refractivity contribution >= 4 is 35.6 Å². The molecule has 13 heteroatoms. The van der Waals surface area contributed by atoms with Crippen molar-refractivity contribution < 1.29 is 39.0 Å². The average Bonchev–Trinajstić information content (AvgIpc) is 2.56. The number of aliphatic carboxylic acids is 2. The molecular formula is C16H27N5O8. The molecule has 0 aliphatic rings. The molecule has 0 heterocycles. The van der Waals surface area contributed by atoms with E-state index >= 15 is 0 Å². The van der Waals surface area contributed by atoms with E-state index in [-0.39, 0.29) is 0 Å². The maximum Gasteiger partial charge on any atom is 0.326 e. The van der Waals surface area contributed by atoms with Crippen LogP contribution in [0.4, 0.5) is 0 Å². The first-order valence-corrected chi connectivity index (χ1v) is 8.65. The lowest BCUT2D eigenvalue weighted by Gasteiger charge is -2.23. The Morgan fingerprint density at radius 2 is 1.38 bits per heavy atom. The van der Waals surface area contributed by atoms with Crippen molar-refractivity contribution in [1.29, 1.82) is 0 Å². The first-order chi connectivity index (χ1) is 13.3. The van der Waals surface area contributed by atoms with E-state index in [0.717, 1.165) is 0 Å². The molecule has 0 saturated carbocycles. The number of nitrogens with one attached hydrogen (secondary N) is 3. The van der Waals surface area contributed by atoms with E-state index in [9.17, 15) is 28.8 Å². The lowest BCUT2D eigenvalue weighted by molar-refractivity contribution is -0.143. The summed E-state index contributed by atoms with van der Waals surface area (Å²) in [6, 6.07) is -5.37. The summed E-state index contributed by atoms with van der Waals surface area (Å²) in [5.41, 5.74) is 10.4. The second kappa shape index (κ2) is 11.6. The van der Waals surface area contributed by atoms with Crippen LogP contribution in [0.2, 0.25) is 0 Å². The number of rotatable bonds is 12. The Bertz CT molecular complexity index is 666. The van der Waals surface area contributed by atoms with E-state index < -0.39 is 78.5 Å². The van der Waals surface area contributed by atoms with Crippen molar-refractivity contribution in [3.8, 4) is 0 Å². The van der Waals surface area contributed by atoms with Crippen LogP contribution in [-0.4, -0.2) is 69.9 Å². The van der Waals surface area contributed by atoms with Crippen molar-refractivity contribution in [2.75, 3.05) is 0 Å². The summed E-state index contributed by atoms with van der Waals surface area (Å²) in [4.78, 5) is 69.3. The van der Waals surface area contributed by atoms with E-state index in [1.54, 1.807) is 13.8 Å². The molecule has 0 radical (unpaired) electrons. The zero-order chi connectivity index (χ0) is 22.9. The Balaban J connectivity index is 5.10. The SMILES string of the molecule is CC(NC(=O)C(CC(N)=O)NC(=O)C(N)CC(=O)O)C(=O)NC(C(=O)O)C(C)C. The topological polar surface area (TPSA) is 231 Å². The molecule has 0 bridgehead atoms. The van der Waals surface area contributed by atoms with E-state index in [0.29, 0.717) is 0 Å². The minimum atomic E-state index is -1.50. The fraction of sp³-hybridized carbons (Fsp3) is 0.625. The predicted octanol–water partition coefficient (Wildman–Crippen LogP) is -3.12. The smallest absolute Gasteiger partial charge is 0.326 e. The highest BCUT2D eigenvalue weighted by molar-refractivity contribution is 5.96. The molecule has 0 aliphatic heterocycles. The molecule has 29 heavy (non-hydrogen) atoms. The Morgan fingerprint density at radius 3 is 1.79 bits per heavy atom. The van der Waals surface area contributed by atoms with Crippen molar-refractivity contribution in [2.24, 2.45) is 17.4 Å². The molecule has 0 aliphatic carbocycles. The van der Waals surface area contributed by atoms with Crippen LogP contribution in [0.3, 0.4) is 0 Å². The van der Waals surface area contributed by atoms with Crippen LogP contribution in [0.1, 0.15) is 33.6 Å². The third-order valence-corrected chi connectivity index (χ3v) is 3.75. The standard InChI is InChI=1S/C16H27N5O8/c1-6(2)12(16(28)29)21-13(25)7(3)19-15(27)9(5-10(18)22)20-14(26)8(17)4-11(23)24/h6-9,12H,4-5,17H2,1-3H3,(H2,18,22)(H,19,27)(H,20,26)(H,21,25)(H,23,24)(H,28,29). The number of amides is 4. The first-order valence-electron chi connectivity index (χ1n) is 8.65. The zero-order valence-electron chi connectivity index (χ0n) is 16.3. The maximum absolute atomic E-state index is 12.3. The Kier molecular flexibility index (Phi) is 10.3. The fourth-order valence-corrected chi connectivity index (χ4v) is 2.14. The van der Waals surface area contributed by atoms with Crippen molar-refractivity contribution in [3.05, 3.63) is 0 Å². The van der Waals surface area contributed by atoms with Gasteiger partial charge in [-0.3, -0.25) is 24.0 Å². The third kappa shape index (κ3) is 9.51. The highest BCUT2D eigenvalue weighted by Gasteiger charge is 2.30. The number of carbonyl (C=O) groups excluding carboxylic acids is 4. The molecule has 164 valence electrons. The van der Waals surface area contributed by atoms with Gasteiger partial charge in [0.15, 0.2) is 0 Å². The second-order valence-electron chi connectivity index (χ2n) is 6.73. The zero-order valence-corrected chi connectivity index (χ0v) is 16.3. The highest BCUT2D eigenvalue weighted by Crippen LogP contribution is 2.03. The van der Waals surface area contributed by atoms with Gasteiger partial charge in [0.2, 0.25) is 23.6 Å². The molecule has 4 unspecified atom stereocenters. The second-order valence-corrected chi connectivity index (χ2v) is 6.73. The molecule has 0 rings (SSSR count). The van der Waals surface area contributed by atoms with Crippen LogP contribution < -0.4 is 27.4 Å². The summed E-state index contributed by atoms with van der Waals surface area (Å²) in [6.07, 6.45) is -1.34. The Hall–Kier alpha value is -3.22. The van der Waals surface area contributed by atoms with Gasteiger partial charge >= 0.3 is 11.9 Å². The van der Waals surface area contributed by atoms with Gasteiger partial charge in [0.25, 0.3) is 0 Å². The van der Waals surface area contributed by atoms with Crippen molar-refractivity contribution in [1.82, 2.24) is 16.0 Å². The first kappa shape index (κ1) is 25.8. The number of primary amides is 1. The number of carbonyl (C=O) groups is 6. The van der Waals surface area contributed by atoms with Gasteiger partial charge in [0, 0.05) is 0 Å². The van der Waals surface area contributed by atoms with E-state index in [2.05, 4.69) is 16.0 Å². The van der Waals surface area contributed by atoms with Crippen molar-refractivity contribution in [2.45, 2.75) is 57.8 Å². The number of hydrogen-bond acceptors (Lipinski definition) is 7. The average molecular weight is 417 g/mol.